The number of nitrogens with zero attached hydrogens (tertiary/aromatic N) is 2. The van der Waals surface area contributed by atoms with Gasteiger partial charge in [-0.15, -0.1) is 10.2 Å². The van der Waals surface area contributed by atoms with Crippen LogP contribution < -0.4 is 0 Å². The molecule has 0 bridgehead atoms. The van der Waals surface area contributed by atoms with Gasteiger partial charge in [0, 0.05) is 5.39 Å². The van der Waals surface area contributed by atoms with Gasteiger partial charge in [0.05, 0.1) is 5.52 Å². The summed E-state index contributed by atoms with van der Waals surface area (Å²) in [5.41, 5.74) is 0.919. The lowest BCUT2D eigenvalue weighted by Crippen LogP contribution is -1.82. The summed E-state index contributed by atoms with van der Waals surface area (Å²) in [6, 6.07) is 14.2. The van der Waals surface area contributed by atoms with Crippen LogP contribution >= 0.6 is 0 Å². The van der Waals surface area contributed by atoms with Gasteiger partial charge in [-0.25, -0.2) is 0 Å². The first-order chi connectivity index (χ1) is 6.93. The lowest BCUT2D eigenvalue weighted by Gasteiger charge is -1.99. The second-order valence-corrected chi connectivity index (χ2v) is 3.23. The average molecular weight is 179 g/mol. The number of fused-ring (bicyclic) bond motifs is 2. The summed E-state index contributed by atoms with van der Waals surface area (Å²) in [6.45, 7) is 0. The van der Waals surface area contributed by atoms with E-state index in [1.54, 1.807) is 0 Å². The fourth-order valence-corrected chi connectivity index (χ4v) is 1.63. The third kappa shape index (κ3) is 1.04. The van der Waals surface area contributed by atoms with E-state index < -0.39 is 0 Å². The van der Waals surface area contributed by atoms with Gasteiger partial charge in [-0.2, -0.15) is 0 Å². The fourth-order valence-electron chi connectivity index (χ4n) is 1.63. The van der Waals surface area contributed by atoms with E-state index in [0.29, 0.717) is 0 Å². The van der Waals surface area contributed by atoms with Crippen molar-refractivity contribution >= 4 is 21.7 Å². The number of rotatable bonds is 0. The topological polar surface area (TPSA) is 25.8 Å². The van der Waals surface area contributed by atoms with Crippen molar-refractivity contribution in [2.24, 2.45) is 0 Å². The molecule has 0 aliphatic rings. The highest BCUT2D eigenvalue weighted by Crippen LogP contribution is 2.19. The molecule has 0 atom stereocenters. The molecule has 1 heterocycles. The van der Waals surface area contributed by atoms with E-state index in [4.69, 9.17) is 0 Å². The quantitative estimate of drug-likeness (QED) is 0.496. The Hall–Kier alpha value is -1.96. The second kappa shape index (κ2) is 2.77. The third-order valence-corrected chi connectivity index (χ3v) is 2.33. The summed E-state index contributed by atoms with van der Waals surface area (Å²) >= 11 is 0. The molecule has 0 saturated carbocycles. The first kappa shape index (κ1) is 7.44. The molecule has 3 rings (SSSR count). The van der Waals surface area contributed by atoms with Crippen molar-refractivity contribution in [3.63, 3.8) is 0 Å². The Bertz CT molecular complexity index is 497. The highest BCUT2D eigenvalue weighted by Gasteiger charge is 1.97. The van der Waals surface area contributed by atoms with Crippen LogP contribution in [0, 0.1) is 6.20 Å². The van der Waals surface area contributed by atoms with Gasteiger partial charge in [0.25, 0.3) is 0 Å². The smallest absolute Gasteiger partial charge is 0.114 e. The molecule has 0 spiro atoms. The lowest BCUT2D eigenvalue weighted by atomic mass is 10.1. The lowest BCUT2D eigenvalue weighted by molar-refractivity contribution is 1.07. The van der Waals surface area contributed by atoms with Crippen molar-refractivity contribution in [1.29, 1.82) is 0 Å². The predicted molar refractivity (Wildman–Crippen MR) is 55.9 cm³/mol. The van der Waals surface area contributed by atoms with E-state index in [-0.39, 0.29) is 0 Å². The zero-order valence-corrected chi connectivity index (χ0v) is 7.44. The molecule has 0 unspecified atom stereocenters. The van der Waals surface area contributed by atoms with Crippen LogP contribution in [0.4, 0.5) is 0 Å². The van der Waals surface area contributed by atoms with Gasteiger partial charge < -0.3 is 0 Å². The first-order valence-electron chi connectivity index (χ1n) is 4.46. The molecular weight excluding hydrogens is 172 g/mol. The highest BCUT2D eigenvalue weighted by atomic mass is 15.1. The molecule has 1 radical (unpaired) electrons. The third-order valence-electron chi connectivity index (χ3n) is 2.33. The maximum Gasteiger partial charge on any atom is 0.114 e. The van der Waals surface area contributed by atoms with Crippen LogP contribution in [0.1, 0.15) is 0 Å². The number of aromatic nitrogens is 2. The summed E-state index contributed by atoms with van der Waals surface area (Å²) in [4.78, 5) is 0. The zero-order valence-electron chi connectivity index (χ0n) is 7.44. The Labute approximate surface area is 81.2 Å². The SMILES string of the molecule is [c]1cc2cc3ccccc3cc2nn1. The molecule has 65 valence electrons. The standard InChI is InChI=1S/C12H7N2/c1-2-4-10-8-12-11(5-6-13-14-12)7-9(10)3-1/h1-5,7-8H. The minimum atomic E-state index is 0.919. The number of benzene rings is 2. The van der Waals surface area contributed by atoms with E-state index >= 15 is 0 Å². The Balaban J connectivity index is 2.52. The van der Waals surface area contributed by atoms with Gasteiger partial charge in [-0.05, 0) is 29.0 Å². The molecule has 2 heteroatoms. The second-order valence-electron chi connectivity index (χ2n) is 3.23. The molecule has 0 saturated heterocycles. The Kier molecular flexibility index (Phi) is 1.47. The minimum absolute atomic E-state index is 0.919. The van der Waals surface area contributed by atoms with Gasteiger partial charge in [0.1, 0.15) is 6.20 Å². The van der Waals surface area contributed by atoms with Crippen molar-refractivity contribution in [3.8, 4) is 0 Å². The fraction of sp³-hybridized carbons (Fsp3) is 0. The van der Waals surface area contributed by atoms with Crippen LogP contribution in [0.5, 0.6) is 0 Å². The van der Waals surface area contributed by atoms with Crippen LogP contribution in [0.3, 0.4) is 0 Å². The molecule has 0 N–H and O–H groups in total. The molecule has 14 heavy (non-hydrogen) atoms. The van der Waals surface area contributed by atoms with E-state index in [2.05, 4.69) is 34.6 Å². The minimum Gasteiger partial charge on any atom is -0.150 e. The molecular formula is C12H7N2. The van der Waals surface area contributed by atoms with Gasteiger partial charge in [-0.1, -0.05) is 24.3 Å². The van der Waals surface area contributed by atoms with E-state index in [0.717, 1.165) is 10.9 Å². The van der Waals surface area contributed by atoms with Gasteiger partial charge in [0.15, 0.2) is 0 Å². The van der Waals surface area contributed by atoms with Gasteiger partial charge >= 0.3 is 0 Å². The molecule has 3 aromatic rings. The van der Waals surface area contributed by atoms with E-state index in [9.17, 15) is 0 Å². The van der Waals surface area contributed by atoms with E-state index in [1.165, 1.54) is 10.8 Å². The number of hydrogen-bond donors (Lipinski definition) is 0. The maximum absolute atomic E-state index is 4.03. The summed E-state index contributed by atoms with van der Waals surface area (Å²) in [7, 11) is 0. The summed E-state index contributed by atoms with van der Waals surface area (Å²) < 4.78 is 0. The molecule has 0 aliphatic heterocycles. The van der Waals surface area contributed by atoms with Crippen LogP contribution in [-0.4, -0.2) is 10.2 Å². The van der Waals surface area contributed by atoms with Crippen LogP contribution in [0.15, 0.2) is 42.5 Å². The first-order valence-corrected chi connectivity index (χ1v) is 4.46. The normalized spacial score (nSPS) is 10.9. The van der Waals surface area contributed by atoms with Crippen LogP contribution in [0.2, 0.25) is 0 Å². The Morgan fingerprint density at radius 3 is 2.57 bits per heavy atom. The summed E-state index contributed by atoms with van der Waals surface area (Å²) in [6.07, 6.45) is 2.74. The van der Waals surface area contributed by atoms with Gasteiger partial charge in [0.2, 0.25) is 0 Å². The number of hydrogen-bond acceptors (Lipinski definition) is 2. The van der Waals surface area contributed by atoms with Crippen molar-refractivity contribution in [2.75, 3.05) is 0 Å². The molecule has 0 aliphatic carbocycles. The van der Waals surface area contributed by atoms with Crippen molar-refractivity contribution < 1.29 is 0 Å². The van der Waals surface area contributed by atoms with Crippen LogP contribution in [-0.2, 0) is 0 Å². The van der Waals surface area contributed by atoms with Crippen LogP contribution in [0.25, 0.3) is 21.7 Å². The average Bonchev–Trinajstić information content (AvgIpc) is 2.26. The molecule has 0 fully saturated rings. The predicted octanol–water partition coefficient (Wildman–Crippen LogP) is 2.58. The largest absolute Gasteiger partial charge is 0.150 e. The Morgan fingerprint density at radius 2 is 1.71 bits per heavy atom. The molecule has 0 amide bonds. The molecule has 2 nitrogen and oxygen atoms in total. The highest BCUT2D eigenvalue weighted by molar-refractivity contribution is 5.95. The molecule has 2 aromatic carbocycles. The summed E-state index contributed by atoms with van der Waals surface area (Å²) in [5, 5.41) is 11.3. The van der Waals surface area contributed by atoms with Gasteiger partial charge in [-0.3, -0.25) is 0 Å². The van der Waals surface area contributed by atoms with Crippen molar-refractivity contribution in [1.82, 2.24) is 10.2 Å². The van der Waals surface area contributed by atoms with Crippen molar-refractivity contribution in [2.45, 2.75) is 0 Å². The zero-order chi connectivity index (χ0) is 9.38. The Morgan fingerprint density at radius 1 is 0.929 bits per heavy atom. The summed E-state index contributed by atoms with van der Waals surface area (Å²) in [5.74, 6) is 0. The van der Waals surface area contributed by atoms with E-state index in [1.807, 2.05) is 24.3 Å². The molecule has 1 aromatic heterocycles. The monoisotopic (exact) mass is 179 g/mol. The van der Waals surface area contributed by atoms with Crippen molar-refractivity contribution in [3.05, 3.63) is 48.7 Å². The maximum atomic E-state index is 4.03.